The predicted octanol–water partition coefficient (Wildman–Crippen LogP) is 7.96. The summed E-state index contributed by atoms with van der Waals surface area (Å²) in [6.45, 7) is 5.08. The maximum Gasteiger partial charge on any atom is 0.333 e. The fourth-order valence-corrected chi connectivity index (χ4v) is 6.57. The van der Waals surface area contributed by atoms with Crippen molar-refractivity contribution in [3.8, 4) is 5.75 Å². The van der Waals surface area contributed by atoms with Gasteiger partial charge in [0, 0.05) is 24.1 Å². The number of benzene rings is 1. The normalized spacial score (nSPS) is 12.1. The van der Waals surface area contributed by atoms with Crippen molar-refractivity contribution in [3.05, 3.63) is 24.3 Å². The van der Waals surface area contributed by atoms with E-state index in [1.807, 2.05) is 0 Å². The number of aromatic hydroxyl groups is 1. The molecule has 0 saturated heterocycles. The molecule has 238 valence electrons. The van der Waals surface area contributed by atoms with E-state index in [1.54, 1.807) is 0 Å². The Balaban J connectivity index is 1.74. The Kier molecular flexibility index (Phi) is 17.9. The summed E-state index contributed by atoms with van der Waals surface area (Å²) in [7, 11) is -4.05. The van der Waals surface area contributed by atoms with Gasteiger partial charge in [-0.1, -0.05) is 116 Å². The van der Waals surface area contributed by atoms with Crippen LogP contribution in [0.1, 0.15) is 123 Å². The zero-order valence-electron chi connectivity index (χ0n) is 25.5. The lowest BCUT2D eigenvalue weighted by Crippen LogP contribution is -2.41. The second-order valence-corrected chi connectivity index (χ2v) is 13.4. The van der Waals surface area contributed by atoms with E-state index in [0.29, 0.717) is 12.5 Å². The summed E-state index contributed by atoms with van der Waals surface area (Å²) in [6.07, 6.45) is 21.5. The van der Waals surface area contributed by atoms with Crippen LogP contribution in [-0.4, -0.2) is 35.5 Å². The molecule has 1 atom stereocenters. The Labute approximate surface area is 257 Å². The van der Waals surface area contributed by atoms with Crippen molar-refractivity contribution in [1.29, 1.82) is 0 Å². The first kappa shape index (κ1) is 35.6. The lowest BCUT2D eigenvalue weighted by atomic mass is 9.94. The van der Waals surface area contributed by atoms with E-state index >= 15 is 0 Å². The van der Waals surface area contributed by atoms with E-state index in [1.165, 1.54) is 121 Å². The van der Waals surface area contributed by atoms with Gasteiger partial charge in [-0.2, -0.15) is 17.8 Å². The van der Waals surface area contributed by atoms with Crippen molar-refractivity contribution < 1.29 is 18.3 Å². The molecule has 0 radical (unpaired) electrons. The first-order chi connectivity index (χ1) is 20.3. The number of unbranched alkanes of at least 4 members (excludes halogenated alkanes) is 13. The Morgan fingerprint density at radius 3 is 2.02 bits per heavy atom. The summed E-state index contributed by atoms with van der Waals surface area (Å²) in [5.41, 5.74) is 5.36. The van der Waals surface area contributed by atoms with Crippen LogP contribution in [0.5, 0.6) is 5.75 Å². The van der Waals surface area contributed by atoms with E-state index in [-0.39, 0.29) is 16.6 Å². The Hall–Kier alpha value is -2.60. The van der Waals surface area contributed by atoms with Gasteiger partial charge in [0.25, 0.3) is 15.2 Å². The minimum Gasteiger partial charge on any atom is -0.508 e. The third kappa shape index (κ3) is 15.6. The summed E-state index contributed by atoms with van der Waals surface area (Å²) >= 11 is 0.815. The zero-order valence-corrected chi connectivity index (χ0v) is 27.1. The highest BCUT2D eigenvalue weighted by Gasteiger charge is 2.21. The lowest BCUT2D eigenvalue weighted by molar-refractivity contribution is 0.239. The first-order valence-electron chi connectivity index (χ1n) is 15.8. The standard InChI is InChI=1S/C30H52N6O4S2/c1-3-5-7-9-11-12-13-15-17-20-25(19-16-14-10-8-6-4-2)24-31-28(38)33-34-29-32-30(35-41-29)42(39,40)36-26-21-18-22-27(37)23-26/h18,21-23,25,36-37H,3-17,19-20,24H2,1-2H3,(H2,31,33,38)(H,32,34,35). The average molecular weight is 625 g/mol. The number of nitrogens with one attached hydrogen (secondary N) is 4. The van der Waals surface area contributed by atoms with E-state index < -0.39 is 21.2 Å². The molecule has 1 unspecified atom stereocenters. The summed E-state index contributed by atoms with van der Waals surface area (Å²) < 4.78 is 31.3. The van der Waals surface area contributed by atoms with Gasteiger partial charge in [0.05, 0.1) is 5.69 Å². The van der Waals surface area contributed by atoms with Gasteiger partial charge >= 0.3 is 6.03 Å². The molecule has 42 heavy (non-hydrogen) atoms. The van der Waals surface area contributed by atoms with Crippen LogP contribution in [0, 0.1) is 5.92 Å². The number of anilines is 2. The number of carbonyl (C=O) groups excluding carboxylic acids is 1. The topological polar surface area (TPSA) is 145 Å². The molecule has 0 bridgehead atoms. The third-order valence-electron chi connectivity index (χ3n) is 7.26. The van der Waals surface area contributed by atoms with E-state index in [4.69, 9.17) is 0 Å². The number of nitrogens with zero attached hydrogens (tertiary/aromatic N) is 2. The van der Waals surface area contributed by atoms with E-state index in [0.717, 1.165) is 24.4 Å². The van der Waals surface area contributed by atoms with Crippen molar-refractivity contribution in [2.45, 2.75) is 128 Å². The molecule has 0 spiro atoms. The second kappa shape index (κ2) is 21.1. The fourth-order valence-electron chi connectivity index (χ4n) is 4.84. The number of amides is 2. The molecule has 2 amide bonds. The molecule has 0 saturated carbocycles. The zero-order chi connectivity index (χ0) is 30.5. The summed E-state index contributed by atoms with van der Waals surface area (Å²) in [4.78, 5) is 16.5. The van der Waals surface area contributed by atoms with Crippen LogP contribution in [0.3, 0.4) is 0 Å². The molecule has 2 aromatic rings. The number of phenols is 1. The van der Waals surface area contributed by atoms with Gasteiger partial charge in [0.2, 0.25) is 5.13 Å². The smallest absolute Gasteiger partial charge is 0.333 e. The summed E-state index contributed by atoms with van der Waals surface area (Å²) in [6, 6.07) is 5.35. The first-order valence-corrected chi connectivity index (χ1v) is 18.0. The molecule has 12 heteroatoms. The van der Waals surface area contributed by atoms with Crippen molar-refractivity contribution in [2.24, 2.45) is 5.92 Å². The number of carbonyl (C=O) groups is 1. The van der Waals surface area contributed by atoms with E-state index in [2.05, 4.69) is 44.1 Å². The molecule has 0 aliphatic carbocycles. The van der Waals surface area contributed by atoms with Crippen molar-refractivity contribution >= 4 is 38.4 Å². The highest BCUT2D eigenvalue weighted by molar-refractivity contribution is 7.92. The van der Waals surface area contributed by atoms with Crippen LogP contribution < -0.4 is 20.9 Å². The van der Waals surface area contributed by atoms with Gasteiger partial charge in [0.15, 0.2) is 0 Å². The van der Waals surface area contributed by atoms with Gasteiger partial charge < -0.3 is 10.4 Å². The van der Waals surface area contributed by atoms with Crippen LogP contribution in [0.4, 0.5) is 15.6 Å². The van der Waals surface area contributed by atoms with Crippen LogP contribution in [-0.2, 0) is 10.0 Å². The molecule has 1 aromatic heterocycles. The highest BCUT2D eigenvalue weighted by atomic mass is 32.2. The Morgan fingerprint density at radius 1 is 0.881 bits per heavy atom. The van der Waals surface area contributed by atoms with Gasteiger partial charge in [0.1, 0.15) is 5.75 Å². The molecule has 0 aliphatic heterocycles. The molecular weight excluding hydrogens is 573 g/mol. The third-order valence-corrected chi connectivity index (χ3v) is 9.18. The highest BCUT2D eigenvalue weighted by Crippen LogP contribution is 2.21. The number of sulfonamides is 1. The number of urea groups is 1. The SMILES string of the molecule is CCCCCCCCCCCC(CCCCCCCC)CNC(=O)NNc1nc(S(=O)(=O)Nc2cccc(O)c2)ns1. The molecule has 1 aromatic carbocycles. The number of phenolic OH excluding ortho intramolecular Hbond substituents is 1. The van der Waals surface area contributed by atoms with Crippen LogP contribution >= 0.6 is 11.5 Å². The van der Waals surface area contributed by atoms with Crippen LogP contribution in [0.15, 0.2) is 29.4 Å². The minimum absolute atomic E-state index is 0.0682. The molecule has 2 rings (SSSR count). The molecule has 5 N–H and O–H groups in total. The number of hydrazine groups is 1. The molecule has 0 fully saturated rings. The van der Waals surface area contributed by atoms with Gasteiger partial charge in [-0.3, -0.25) is 10.1 Å². The van der Waals surface area contributed by atoms with Crippen LogP contribution in [0.25, 0.3) is 0 Å². The molecule has 1 heterocycles. The van der Waals surface area contributed by atoms with Crippen molar-refractivity contribution in [2.75, 3.05) is 16.7 Å². The van der Waals surface area contributed by atoms with Gasteiger partial charge in [-0.05, 0) is 30.9 Å². The second-order valence-electron chi connectivity index (χ2n) is 11.0. The monoisotopic (exact) mass is 624 g/mol. The largest absolute Gasteiger partial charge is 0.508 e. The number of aromatic nitrogens is 2. The van der Waals surface area contributed by atoms with E-state index in [9.17, 15) is 18.3 Å². The quantitative estimate of drug-likeness (QED) is 0.0588. The van der Waals surface area contributed by atoms with Crippen molar-refractivity contribution in [1.82, 2.24) is 20.1 Å². The lowest BCUT2D eigenvalue weighted by Gasteiger charge is -2.18. The maximum atomic E-state index is 12.6. The number of hydrogen-bond acceptors (Lipinski definition) is 8. The number of rotatable bonds is 24. The molecule has 10 nitrogen and oxygen atoms in total. The predicted molar refractivity (Wildman–Crippen MR) is 172 cm³/mol. The van der Waals surface area contributed by atoms with Crippen molar-refractivity contribution in [3.63, 3.8) is 0 Å². The Bertz CT molecular complexity index is 1110. The molecular formula is C30H52N6O4S2. The van der Waals surface area contributed by atoms with Crippen LogP contribution in [0.2, 0.25) is 0 Å². The minimum atomic E-state index is -4.05. The Morgan fingerprint density at radius 2 is 1.45 bits per heavy atom. The van der Waals surface area contributed by atoms with Gasteiger partial charge in [-0.15, -0.1) is 0 Å². The summed E-state index contributed by atoms with van der Waals surface area (Å²) in [5, 5.41) is 12.2. The average Bonchev–Trinajstić information content (AvgIpc) is 3.45. The molecule has 0 aliphatic rings. The fraction of sp³-hybridized carbons (Fsp3) is 0.700. The van der Waals surface area contributed by atoms with Gasteiger partial charge in [-0.25, -0.2) is 10.2 Å². The summed E-state index contributed by atoms with van der Waals surface area (Å²) in [5.74, 6) is 0.370. The maximum absolute atomic E-state index is 12.6. The number of hydrogen-bond donors (Lipinski definition) is 5.